The minimum atomic E-state index is -0.319. The fraction of sp³-hybridized carbons (Fsp3) is 0.941. The average molecular weight is 316 g/mol. The van der Waals surface area contributed by atoms with Crippen LogP contribution in [0.25, 0.3) is 0 Å². The Labute approximate surface area is 134 Å². The molecular formula is C17H32O5. The number of rotatable bonds is 12. The average Bonchev–Trinajstić information content (AvgIpc) is 2.87. The van der Waals surface area contributed by atoms with Crippen LogP contribution in [-0.4, -0.2) is 44.3 Å². The number of ether oxygens (including phenoxy) is 4. The first-order valence-corrected chi connectivity index (χ1v) is 8.67. The Balaban J connectivity index is 2.11. The summed E-state index contributed by atoms with van der Waals surface area (Å²) in [6.45, 7) is 7.02. The van der Waals surface area contributed by atoms with Crippen LogP contribution in [0.2, 0.25) is 0 Å². The molecule has 0 amide bonds. The molecule has 5 nitrogen and oxygen atoms in total. The second kappa shape index (κ2) is 11.9. The number of unbranched alkanes of at least 4 members (excludes halogenated alkanes) is 5. The van der Waals surface area contributed by atoms with Crippen LogP contribution in [-0.2, 0) is 23.7 Å². The van der Waals surface area contributed by atoms with E-state index in [0.29, 0.717) is 13.2 Å². The Hall–Kier alpha value is -0.650. The molecule has 0 N–H and O–H groups in total. The standard InChI is InChI=1S/C17H32O5/c1-4-6-7-8-9-10-11-19-13-21-17-15(5-2)20-12-16(17)22-14(3)18/h15-17H,4-13H2,1-3H3/t15-,16?,17+/m1/s1. The highest BCUT2D eigenvalue weighted by molar-refractivity contribution is 5.66. The van der Waals surface area contributed by atoms with Crippen LogP contribution in [0, 0.1) is 0 Å². The van der Waals surface area contributed by atoms with Crippen LogP contribution in [0.1, 0.15) is 65.7 Å². The van der Waals surface area contributed by atoms with Crippen molar-refractivity contribution in [3.63, 3.8) is 0 Å². The largest absolute Gasteiger partial charge is 0.457 e. The summed E-state index contributed by atoms with van der Waals surface area (Å²) >= 11 is 0. The van der Waals surface area contributed by atoms with Crippen LogP contribution < -0.4 is 0 Å². The molecule has 130 valence electrons. The highest BCUT2D eigenvalue weighted by Crippen LogP contribution is 2.23. The number of hydrogen-bond donors (Lipinski definition) is 0. The molecule has 0 bridgehead atoms. The Morgan fingerprint density at radius 2 is 1.86 bits per heavy atom. The van der Waals surface area contributed by atoms with Gasteiger partial charge in [-0.2, -0.15) is 0 Å². The molecule has 0 aromatic carbocycles. The van der Waals surface area contributed by atoms with Gasteiger partial charge in [-0.1, -0.05) is 46.0 Å². The van der Waals surface area contributed by atoms with E-state index in [1.807, 2.05) is 6.92 Å². The fourth-order valence-electron chi connectivity index (χ4n) is 2.70. The molecule has 1 unspecified atom stereocenters. The van der Waals surface area contributed by atoms with E-state index in [-0.39, 0.29) is 31.1 Å². The van der Waals surface area contributed by atoms with Crippen LogP contribution in [0.5, 0.6) is 0 Å². The lowest BCUT2D eigenvalue weighted by atomic mass is 10.1. The van der Waals surface area contributed by atoms with Crippen molar-refractivity contribution in [1.29, 1.82) is 0 Å². The lowest BCUT2D eigenvalue weighted by Gasteiger charge is -2.22. The van der Waals surface area contributed by atoms with E-state index in [1.165, 1.54) is 39.0 Å². The quantitative estimate of drug-likeness (QED) is 0.313. The lowest BCUT2D eigenvalue weighted by Crippen LogP contribution is -2.36. The smallest absolute Gasteiger partial charge is 0.303 e. The molecule has 22 heavy (non-hydrogen) atoms. The number of hydrogen-bond acceptors (Lipinski definition) is 5. The molecular weight excluding hydrogens is 284 g/mol. The SMILES string of the molecule is CCCCCCCCOCO[C@@H]1C(OC(C)=O)CO[C@@H]1CC. The van der Waals surface area contributed by atoms with Crippen LogP contribution in [0.15, 0.2) is 0 Å². The summed E-state index contributed by atoms with van der Waals surface area (Å²) in [6.07, 6.45) is 7.73. The molecule has 1 heterocycles. The number of carbonyl (C=O) groups excluding carboxylic acids is 1. The van der Waals surface area contributed by atoms with Gasteiger partial charge in [0.2, 0.25) is 0 Å². The minimum Gasteiger partial charge on any atom is -0.457 e. The molecule has 1 aliphatic rings. The van der Waals surface area contributed by atoms with E-state index in [4.69, 9.17) is 18.9 Å². The van der Waals surface area contributed by atoms with Gasteiger partial charge in [0.1, 0.15) is 12.9 Å². The van der Waals surface area contributed by atoms with Crippen LogP contribution in [0.4, 0.5) is 0 Å². The van der Waals surface area contributed by atoms with Crippen molar-refractivity contribution in [2.24, 2.45) is 0 Å². The van der Waals surface area contributed by atoms with E-state index in [9.17, 15) is 4.79 Å². The second-order valence-corrected chi connectivity index (χ2v) is 5.85. The molecule has 0 aromatic heterocycles. The topological polar surface area (TPSA) is 54.0 Å². The Morgan fingerprint density at radius 1 is 1.14 bits per heavy atom. The summed E-state index contributed by atoms with van der Waals surface area (Å²) in [6, 6.07) is 0. The maximum atomic E-state index is 11.1. The lowest BCUT2D eigenvalue weighted by molar-refractivity contribution is -0.161. The highest BCUT2D eigenvalue weighted by atomic mass is 16.7. The van der Waals surface area contributed by atoms with Gasteiger partial charge in [-0.15, -0.1) is 0 Å². The predicted octanol–water partition coefficient (Wildman–Crippen LogP) is 3.45. The van der Waals surface area contributed by atoms with Gasteiger partial charge in [-0.3, -0.25) is 4.79 Å². The highest BCUT2D eigenvalue weighted by Gasteiger charge is 2.39. The van der Waals surface area contributed by atoms with Gasteiger partial charge in [-0.05, 0) is 12.8 Å². The number of esters is 1. The molecule has 1 aliphatic heterocycles. The molecule has 0 spiro atoms. The predicted molar refractivity (Wildman–Crippen MR) is 84.7 cm³/mol. The zero-order valence-electron chi connectivity index (χ0n) is 14.3. The molecule has 1 saturated heterocycles. The zero-order valence-corrected chi connectivity index (χ0v) is 14.3. The monoisotopic (exact) mass is 316 g/mol. The minimum absolute atomic E-state index is 0.0259. The summed E-state index contributed by atoms with van der Waals surface area (Å²) in [5.41, 5.74) is 0. The van der Waals surface area contributed by atoms with E-state index >= 15 is 0 Å². The molecule has 0 saturated carbocycles. The van der Waals surface area contributed by atoms with E-state index < -0.39 is 0 Å². The van der Waals surface area contributed by atoms with E-state index in [0.717, 1.165) is 12.8 Å². The third kappa shape index (κ3) is 7.56. The Bertz CT molecular complexity index is 295. The maximum absolute atomic E-state index is 11.1. The maximum Gasteiger partial charge on any atom is 0.303 e. The van der Waals surface area contributed by atoms with Gasteiger partial charge < -0.3 is 18.9 Å². The Morgan fingerprint density at radius 3 is 2.55 bits per heavy atom. The van der Waals surface area contributed by atoms with Gasteiger partial charge in [-0.25, -0.2) is 0 Å². The van der Waals surface area contributed by atoms with Crippen molar-refractivity contribution in [3.8, 4) is 0 Å². The summed E-state index contributed by atoms with van der Waals surface area (Å²) < 4.78 is 22.1. The van der Waals surface area contributed by atoms with Crippen LogP contribution in [0.3, 0.4) is 0 Å². The summed E-state index contributed by atoms with van der Waals surface area (Å²) in [4.78, 5) is 11.1. The molecule has 1 rings (SSSR count). The van der Waals surface area contributed by atoms with Gasteiger partial charge in [0, 0.05) is 13.5 Å². The number of carbonyl (C=O) groups is 1. The van der Waals surface area contributed by atoms with Crippen LogP contribution >= 0.6 is 0 Å². The normalized spacial score (nSPS) is 24.6. The zero-order chi connectivity index (χ0) is 16.2. The van der Waals surface area contributed by atoms with Crippen molar-refractivity contribution in [1.82, 2.24) is 0 Å². The van der Waals surface area contributed by atoms with E-state index in [2.05, 4.69) is 6.92 Å². The summed E-state index contributed by atoms with van der Waals surface area (Å²) in [5, 5.41) is 0. The van der Waals surface area contributed by atoms with Crippen molar-refractivity contribution in [3.05, 3.63) is 0 Å². The first-order chi connectivity index (χ1) is 10.7. The second-order valence-electron chi connectivity index (χ2n) is 5.85. The van der Waals surface area contributed by atoms with Crippen molar-refractivity contribution in [2.75, 3.05) is 20.0 Å². The van der Waals surface area contributed by atoms with Gasteiger partial charge in [0.25, 0.3) is 0 Å². The van der Waals surface area contributed by atoms with Crippen molar-refractivity contribution >= 4 is 5.97 Å². The summed E-state index contributed by atoms with van der Waals surface area (Å²) in [7, 11) is 0. The van der Waals surface area contributed by atoms with E-state index in [1.54, 1.807) is 0 Å². The third-order valence-electron chi connectivity index (χ3n) is 3.91. The van der Waals surface area contributed by atoms with Crippen molar-refractivity contribution < 1.29 is 23.7 Å². The molecule has 0 aliphatic carbocycles. The molecule has 1 fully saturated rings. The van der Waals surface area contributed by atoms with Gasteiger partial charge in [0.05, 0.1) is 12.7 Å². The first-order valence-electron chi connectivity index (χ1n) is 8.67. The molecule has 0 aromatic rings. The molecule has 3 atom stereocenters. The molecule has 0 radical (unpaired) electrons. The van der Waals surface area contributed by atoms with Crippen molar-refractivity contribution in [2.45, 2.75) is 84.0 Å². The fourth-order valence-corrected chi connectivity index (χ4v) is 2.70. The van der Waals surface area contributed by atoms with Gasteiger partial charge >= 0.3 is 5.97 Å². The summed E-state index contributed by atoms with van der Waals surface area (Å²) in [5.74, 6) is -0.299. The first kappa shape index (κ1) is 19.4. The van der Waals surface area contributed by atoms with Gasteiger partial charge in [0.15, 0.2) is 6.10 Å². The molecule has 5 heteroatoms. The Kier molecular flexibility index (Phi) is 10.5. The third-order valence-corrected chi connectivity index (χ3v) is 3.91.